The number of rotatable bonds is 4. The Morgan fingerprint density at radius 2 is 2.13 bits per heavy atom. The van der Waals surface area contributed by atoms with Gasteiger partial charge in [0.25, 0.3) is 5.69 Å². The fraction of sp³-hybridized carbons (Fsp3) is 0.500. The summed E-state index contributed by atoms with van der Waals surface area (Å²) in [5.74, 6) is -0.603. The van der Waals surface area contributed by atoms with Crippen molar-refractivity contribution >= 4 is 17.3 Å². The van der Waals surface area contributed by atoms with Crippen LogP contribution in [0.3, 0.4) is 0 Å². The molecule has 0 saturated carbocycles. The van der Waals surface area contributed by atoms with Crippen LogP contribution in [0.1, 0.15) is 24.8 Å². The Labute approximate surface area is 130 Å². The SMILES string of the molecule is NC(=O)CC1CCCN(c2ccc([N+](=O)[O-])cc2C(F)(F)F)C1. The van der Waals surface area contributed by atoms with Crippen LogP contribution in [0.4, 0.5) is 24.5 Å². The standard InChI is InChI=1S/C14H16F3N3O3/c15-14(16,17)11-7-10(20(22)23)3-4-12(11)19-5-1-2-9(8-19)6-13(18)21/h3-4,7,9H,1-2,5-6,8H2,(H2,18,21). The number of alkyl halides is 3. The number of carbonyl (C=O) groups excluding carboxylic acids is 1. The van der Waals surface area contributed by atoms with Crippen molar-refractivity contribution in [1.29, 1.82) is 0 Å². The predicted octanol–water partition coefficient (Wildman–Crippen LogP) is 2.71. The molecule has 2 N–H and O–H groups in total. The minimum atomic E-state index is -4.70. The van der Waals surface area contributed by atoms with Gasteiger partial charge in [-0.15, -0.1) is 0 Å². The topological polar surface area (TPSA) is 89.5 Å². The summed E-state index contributed by atoms with van der Waals surface area (Å²) in [6.45, 7) is 0.667. The first-order valence-electron chi connectivity index (χ1n) is 7.07. The van der Waals surface area contributed by atoms with Gasteiger partial charge in [0.1, 0.15) is 0 Å². The number of halogens is 3. The molecule has 0 spiro atoms. The summed E-state index contributed by atoms with van der Waals surface area (Å²) in [6, 6.07) is 2.73. The monoisotopic (exact) mass is 331 g/mol. The van der Waals surface area contributed by atoms with Crippen molar-refractivity contribution in [2.45, 2.75) is 25.4 Å². The van der Waals surface area contributed by atoms with Gasteiger partial charge in [0.05, 0.1) is 10.5 Å². The fourth-order valence-electron chi connectivity index (χ4n) is 2.88. The van der Waals surface area contributed by atoms with E-state index < -0.39 is 28.3 Å². The minimum absolute atomic E-state index is 0.0997. The van der Waals surface area contributed by atoms with E-state index in [1.807, 2.05) is 0 Å². The van der Waals surface area contributed by atoms with Crippen molar-refractivity contribution in [3.05, 3.63) is 33.9 Å². The van der Waals surface area contributed by atoms with Crippen molar-refractivity contribution < 1.29 is 22.9 Å². The number of piperidine rings is 1. The molecule has 1 fully saturated rings. The van der Waals surface area contributed by atoms with Gasteiger partial charge in [-0.3, -0.25) is 14.9 Å². The van der Waals surface area contributed by atoms with Crippen LogP contribution < -0.4 is 10.6 Å². The van der Waals surface area contributed by atoms with E-state index in [1.54, 1.807) is 0 Å². The molecule has 1 heterocycles. The quantitative estimate of drug-likeness (QED) is 0.678. The van der Waals surface area contributed by atoms with Gasteiger partial charge in [-0.1, -0.05) is 0 Å². The van der Waals surface area contributed by atoms with Crippen molar-refractivity contribution in [2.75, 3.05) is 18.0 Å². The van der Waals surface area contributed by atoms with Crippen LogP contribution in [0, 0.1) is 16.0 Å². The third kappa shape index (κ3) is 4.11. The number of nitrogens with zero attached hydrogens (tertiary/aromatic N) is 2. The molecular weight excluding hydrogens is 315 g/mol. The van der Waals surface area contributed by atoms with Crippen LogP contribution in [-0.2, 0) is 11.0 Å². The van der Waals surface area contributed by atoms with E-state index >= 15 is 0 Å². The molecule has 1 aliphatic rings. The number of carbonyl (C=O) groups is 1. The van der Waals surface area contributed by atoms with Gasteiger partial charge < -0.3 is 10.6 Å². The average molecular weight is 331 g/mol. The number of nitro benzene ring substituents is 1. The zero-order chi connectivity index (χ0) is 17.2. The lowest BCUT2D eigenvalue weighted by Crippen LogP contribution is -2.38. The molecule has 1 unspecified atom stereocenters. The summed E-state index contributed by atoms with van der Waals surface area (Å²) < 4.78 is 39.7. The van der Waals surface area contributed by atoms with Gasteiger partial charge in [-0.05, 0) is 24.8 Å². The minimum Gasteiger partial charge on any atom is -0.371 e. The third-order valence-electron chi connectivity index (χ3n) is 3.85. The normalized spacial score (nSPS) is 18.7. The first-order chi connectivity index (χ1) is 10.7. The Morgan fingerprint density at radius 1 is 1.43 bits per heavy atom. The Morgan fingerprint density at radius 3 is 2.70 bits per heavy atom. The van der Waals surface area contributed by atoms with Gasteiger partial charge in [-0.2, -0.15) is 13.2 Å². The molecule has 1 aromatic carbocycles. The molecule has 2 rings (SSSR count). The predicted molar refractivity (Wildman–Crippen MR) is 76.8 cm³/mol. The average Bonchev–Trinajstić information content (AvgIpc) is 2.45. The van der Waals surface area contributed by atoms with Gasteiger partial charge in [0.2, 0.25) is 5.91 Å². The zero-order valence-electron chi connectivity index (χ0n) is 12.2. The lowest BCUT2D eigenvalue weighted by molar-refractivity contribution is -0.385. The Bertz CT molecular complexity index is 619. The number of hydrogen-bond acceptors (Lipinski definition) is 4. The number of anilines is 1. The largest absolute Gasteiger partial charge is 0.418 e. The number of hydrogen-bond donors (Lipinski definition) is 1. The van der Waals surface area contributed by atoms with E-state index in [0.29, 0.717) is 25.5 Å². The fourth-order valence-corrected chi connectivity index (χ4v) is 2.88. The summed E-state index contributed by atoms with van der Waals surface area (Å²) in [6.07, 6.45) is -3.23. The number of non-ortho nitro benzene ring substituents is 1. The maximum absolute atomic E-state index is 13.2. The summed E-state index contributed by atoms with van der Waals surface area (Å²) >= 11 is 0. The van der Waals surface area contributed by atoms with E-state index in [1.165, 1.54) is 4.90 Å². The van der Waals surface area contributed by atoms with Crippen LogP contribution in [0.25, 0.3) is 0 Å². The smallest absolute Gasteiger partial charge is 0.371 e. The molecule has 126 valence electrons. The highest BCUT2D eigenvalue weighted by atomic mass is 19.4. The summed E-state index contributed by atoms with van der Waals surface area (Å²) in [5, 5.41) is 10.7. The molecule has 1 saturated heterocycles. The molecule has 1 amide bonds. The number of primary amides is 1. The zero-order valence-corrected chi connectivity index (χ0v) is 12.2. The van der Waals surface area contributed by atoms with Crippen LogP contribution in [0.5, 0.6) is 0 Å². The van der Waals surface area contributed by atoms with Gasteiger partial charge in [0.15, 0.2) is 0 Å². The van der Waals surface area contributed by atoms with E-state index in [9.17, 15) is 28.1 Å². The number of amides is 1. The van der Waals surface area contributed by atoms with Crippen molar-refractivity contribution in [2.24, 2.45) is 11.7 Å². The van der Waals surface area contributed by atoms with Gasteiger partial charge in [-0.25, -0.2) is 0 Å². The molecule has 1 aromatic rings. The summed E-state index contributed by atoms with van der Waals surface area (Å²) in [4.78, 5) is 22.4. The van der Waals surface area contributed by atoms with E-state index in [0.717, 1.165) is 12.1 Å². The number of benzene rings is 1. The van der Waals surface area contributed by atoms with E-state index in [4.69, 9.17) is 5.73 Å². The number of nitrogens with two attached hydrogens (primary N) is 1. The molecule has 9 heteroatoms. The highest BCUT2D eigenvalue weighted by molar-refractivity contribution is 5.74. The highest BCUT2D eigenvalue weighted by Crippen LogP contribution is 2.40. The van der Waals surface area contributed by atoms with Crippen LogP contribution in [-0.4, -0.2) is 23.9 Å². The van der Waals surface area contributed by atoms with E-state index in [2.05, 4.69) is 0 Å². The summed E-state index contributed by atoms with van der Waals surface area (Å²) in [5.41, 5.74) is 3.41. The van der Waals surface area contributed by atoms with Crippen molar-refractivity contribution in [1.82, 2.24) is 0 Å². The highest BCUT2D eigenvalue weighted by Gasteiger charge is 2.37. The van der Waals surface area contributed by atoms with Crippen LogP contribution >= 0.6 is 0 Å². The van der Waals surface area contributed by atoms with Crippen LogP contribution in [0.15, 0.2) is 18.2 Å². The summed E-state index contributed by atoms with van der Waals surface area (Å²) in [7, 11) is 0. The molecule has 0 radical (unpaired) electrons. The Balaban J connectivity index is 2.34. The molecule has 0 bridgehead atoms. The Kier molecular flexibility index (Phi) is 4.76. The molecule has 0 aromatic heterocycles. The maximum atomic E-state index is 13.2. The second kappa shape index (κ2) is 6.43. The van der Waals surface area contributed by atoms with E-state index in [-0.39, 0.29) is 24.6 Å². The Hall–Kier alpha value is -2.32. The lowest BCUT2D eigenvalue weighted by Gasteiger charge is -2.35. The first-order valence-corrected chi connectivity index (χ1v) is 7.07. The van der Waals surface area contributed by atoms with Crippen molar-refractivity contribution in [3.8, 4) is 0 Å². The number of nitro groups is 1. The maximum Gasteiger partial charge on any atom is 0.418 e. The van der Waals surface area contributed by atoms with Gasteiger partial charge >= 0.3 is 6.18 Å². The molecule has 0 aliphatic carbocycles. The molecule has 1 aliphatic heterocycles. The van der Waals surface area contributed by atoms with Crippen molar-refractivity contribution in [3.63, 3.8) is 0 Å². The first kappa shape index (κ1) is 17.0. The molecule has 6 nitrogen and oxygen atoms in total. The molecular formula is C14H16F3N3O3. The third-order valence-corrected chi connectivity index (χ3v) is 3.85. The molecule has 23 heavy (non-hydrogen) atoms. The molecule has 1 atom stereocenters. The second-order valence-corrected chi connectivity index (χ2v) is 5.58. The second-order valence-electron chi connectivity index (χ2n) is 5.58. The lowest BCUT2D eigenvalue weighted by atomic mass is 9.93. The van der Waals surface area contributed by atoms with Crippen LogP contribution in [0.2, 0.25) is 0 Å². The van der Waals surface area contributed by atoms with Gasteiger partial charge in [0, 0.05) is 37.3 Å².